The molecule has 8 heteroatoms. The number of benzene rings is 1. The number of fused-ring (bicyclic) bond motifs is 1. The van der Waals surface area contributed by atoms with Crippen LogP contribution in [0.5, 0.6) is 0 Å². The molecular formula is C20H19N5OS2. The molecule has 3 aromatic heterocycles. The zero-order valence-corrected chi connectivity index (χ0v) is 17.4. The third-order valence-electron chi connectivity index (χ3n) is 4.31. The maximum absolute atomic E-state index is 12.3. The monoisotopic (exact) mass is 409 g/mol. The highest BCUT2D eigenvalue weighted by atomic mass is 32.2. The van der Waals surface area contributed by atoms with Crippen molar-refractivity contribution < 1.29 is 0 Å². The van der Waals surface area contributed by atoms with E-state index in [1.165, 1.54) is 34.2 Å². The minimum Gasteiger partial charge on any atom is -0.330 e. The molecule has 0 amide bonds. The Morgan fingerprint density at radius 2 is 1.96 bits per heavy atom. The molecule has 6 nitrogen and oxygen atoms in total. The van der Waals surface area contributed by atoms with Crippen LogP contribution in [0.2, 0.25) is 0 Å². The number of thioether (sulfide) groups is 1. The molecule has 1 aromatic carbocycles. The highest BCUT2D eigenvalue weighted by molar-refractivity contribution is 8.00. The summed E-state index contributed by atoms with van der Waals surface area (Å²) in [6, 6.07) is 11.6. The number of rotatable bonds is 5. The fourth-order valence-electron chi connectivity index (χ4n) is 2.91. The molecule has 0 aliphatic rings. The molecule has 0 aliphatic heterocycles. The predicted octanol–water partition coefficient (Wildman–Crippen LogP) is 4.51. The molecule has 3 heterocycles. The molecule has 0 spiro atoms. The Bertz CT molecular complexity index is 1210. The van der Waals surface area contributed by atoms with E-state index in [1.807, 2.05) is 25.1 Å². The maximum Gasteiger partial charge on any atom is 0.258 e. The number of nitrogens with zero attached hydrogens (tertiary/aromatic N) is 4. The zero-order valence-electron chi connectivity index (χ0n) is 15.8. The van der Waals surface area contributed by atoms with Gasteiger partial charge < -0.3 is 5.32 Å². The summed E-state index contributed by atoms with van der Waals surface area (Å²) in [5.41, 5.74) is 5.76. The van der Waals surface area contributed by atoms with Crippen molar-refractivity contribution in [2.75, 3.05) is 5.32 Å². The SMILES string of the molecule is Cc1ccc(Nc2nnc(SCc3cc(=O)n4cccc(C)c4n3)s2)c(C)c1. The fourth-order valence-corrected chi connectivity index (χ4v) is 4.56. The van der Waals surface area contributed by atoms with E-state index in [4.69, 9.17) is 0 Å². The van der Waals surface area contributed by atoms with Crippen molar-refractivity contribution in [1.29, 1.82) is 0 Å². The lowest BCUT2D eigenvalue weighted by Crippen LogP contribution is -2.15. The number of hydrogen-bond donors (Lipinski definition) is 1. The highest BCUT2D eigenvalue weighted by Gasteiger charge is 2.09. The van der Waals surface area contributed by atoms with Gasteiger partial charge in [-0.25, -0.2) is 4.98 Å². The number of pyridine rings is 1. The maximum atomic E-state index is 12.3. The van der Waals surface area contributed by atoms with Gasteiger partial charge >= 0.3 is 0 Å². The van der Waals surface area contributed by atoms with E-state index in [0.29, 0.717) is 11.4 Å². The molecule has 4 rings (SSSR count). The Balaban J connectivity index is 1.48. The molecule has 0 saturated heterocycles. The Kier molecular flexibility index (Phi) is 5.15. The summed E-state index contributed by atoms with van der Waals surface area (Å²) in [6.07, 6.45) is 1.74. The minimum absolute atomic E-state index is 0.0706. The van der Waals surface area contributed by atoms with Gasteiger partial charge in [0.2, 0.25) is 5.13 Å². The van der Waals surface area contributed by atoms with Gasteiger partial charge in [0.1, 0.15) is 5.65 Å². The Morgan fingerprint density at radius 3 is 2.79 bits per heavy atom. The standard InChI is InChI=1S/C20H19N5OS2/c1-12-6-7-16(14(3)9-12)22-19-23-24-20(28-19)27-11-15-10-17(26)25-8-4-5-13(2)18(25)21-15/h4-10H,11H2,1-3H3,(H,22,23). The van der Waals surface area contributed by atoms with Crippen LogP contribution >= 0.6 is 23.1 Å². The second kappa shape index (κ2) is 7.73. The lowest BCUT2D eigenvalue weighted by Gasteiger charge is -2.06. The van der Waals surface area contributed by atoms with Crippen LogP contribution in [0, 0.1) is 20.8 Å². The van der Waals surface area contributed by atoms with Crippen molar-refractivity contribution >= 4 is 39.6 Å². The summed E-state index contributed by atoms with van der Waals surface area (Å²) in [6.45, 7) is 6.09. The van der Waals surface area contributed by atoms with Gasteiger partial charge in [0.25, 0.3) is 5.56 Å². The molecule has 28 heavy (non-hydrogen) atoms. The summed E-state index contributed by atoms with van der Waals surface area (Å²) in [7, 11) is 0. The summed E-state index contributed by atoms with van der Waals surface area (Å²) in [5.74, 6) is 0.568. The largest absolute Gasteiger partial charge is 0.330 e. The van der Waals surface area contributed by atoms with Crippen molar-refractivity contribution in [2.24, 2.45) is 0 Å². The van der Waals surface area contributed by atoms with Gasteiger partial charge in [0, 0.05) is 23.7 Å². The second-order valence-corrected chi connectivity index (χ2v) is 8.78. The molecule has 0 bridgehead atoms. The van der Waals surface area contributed by atoms with E-state index in [0.717, 1.165) is 26.4 Å². The number of hydrogen-bond acceptors (Lipinski definition) is 7. The number of aromatic nitrogens is 4. The van der Waals surface area contributed by atoms with Gasteiger partial charge in [0.15, 0.2) is 4.34 Å². The minimum atomic E-state index is -0.0706. The summed E-state index contributed by atoms with van der Waals surface area (Å²) in [4.78, 5) is 16.9. The van der Waals surface area contributed by atoms with Crippen LogP contribution in [0.1, 0.15) is 22.4 Å². The van der Waals surface area contributed by atoms with Gasteiger partial charge in [0.05, 0.1) is 5.69 Å². The van der Waals surface area contributed by atoms with Crippen LogP contribution in [-0.4, -0.2) is 19.6 Å². The van der Waals surface area contributed by atoms with Crippen molar-refractivity contribution in [2.45, 2.75) is 30.9 Å². The fraction of sp³-hybridized carbons (Fsp3) is 0.200. The van der Waals surface area contributed by atoms with Gasteiger partial charge in [-0.3, -0.25) is 9.20 Å². The molecule has 0 aliphatic carbocycles. The van der Waals surface area contributed by atoms with Crippen LogP contribution in [0.25, 0.3) is 5.65 Å². The van der Waals surface area contributed by atoms with E-state index in [1.54, 1.807) is 16.7 Å². The van der Waals surface area contributed by atoms with E-state index in [9.17, 15) is 4.79 Å². The quantitative estimate of drug-likeness (QED) is 0.489. The number of anilines is 2. The molecule has 142 valence electrons. The predicted molar refractivity (Wildman–Crippen MR) is 115 cm³/mol. The normalized spacial score (nSPS) is 11.1. The van der Waals surface area contributed by atoms with E-state index in [-0.39, 0.29) is 5.56 Å². The number of aryl methyl sites for hydroxylation is 3. The molecule has 0 radical (unpaired) electrons. The Labute approximate surface area is 170 Å². The Hall–Kier alpha value is -2.71. The third-order valence-corrected chi connectivity index (χ3v) is 6.32. The summed E-state index contributed by atoms with van der Waals surface area (Å²) < 4.78 is 2.40. The van der Waals surface area contributed by atoms with Crippen LogP contribution in [0.15, 0.2) is 51.7 Å². The molecule has 0 unspecified atom stereocenters. The van der Waals surface area contributed by atoms with Crippen molar-refractivity contribution in [3.05, 3.63) is 75.3 Å². The molecule has 0 saturated carbocycles. The lowest BCUT2D eigenvalue weighted by molar-refractivity contribution is 0.994. The van der Waals surface area contributed by atoms with Crippen molar-refractivity contribution in [3.8, 4) is 0 Å². The molecule has 0 atom stereocenters. The second-order valence-electron chi connectivity index (χ2n) is 6.58. The highest BCUT2D eigenvalue weighted by Crippen LogP contribution is 2.30. The molecule has 0 fully saturated rings. The van der Waals surface area contributed by atoms with E-state index >= 15 is 0 Å². The molecule has 4 aromatic rings. The average molecular weight is 410 g/mol. The summed E-state index contributed by atoms with van der Waals surface area (Å²) in [5, 5.41) is 12.5. The van der Waals surface area contributed by atoms with Crippen LogP contribution in [0.4, 0.5) is 10.8 Å². The smallest absolute Gasteiger partial charge is 0.258 e. The molecule has 1 N–H and O–H groups in total. The van der Waals surface area contributed by atoms with Crippen LogP contribution < -0.4 is 10.9 Å². The van der Waals surface area contributed by atoms with Crippen LogP contribution in [0.3, 0.4) is 0 Å². The Morgan fingerprint density at radius 1 is 1.11 bits per heavy atom. The van der Waals surface area contributed by atoms with E-state index < -0.39 is 0 Å². The first-order valence-electron chi connectivity index (χ1n) is 8.78. The van der Waals surface area contributed by atoms with Gasteiger partial charge in [-0.2, -0.15) is 0 Å². The first-order valence-corrected chi connectivity index (χ1v) is 10.6. The number of nitrogens with one attached hydrogen (secondary N) is 1. The first kappa shape index (κ1) is 18.6. The van der Waals surface area contributed by atoms with Gasteiger partial charge in [-0.05, 0) is 44.0 Å². The summed E-state index contributed by atoms with van der Waals surface area (Å²) >= 11 is 3.02. The van der Waals surface area contributed by atoms with Crippen molar-refractivity contribution in [1.82, 2.24) is 19.6 Å². The lowest BCUT2D eigenvalue weighted by atomic mass is 10.1. The average Bonchev–Trinajstić information content (AvgIpc) is 3.11. The van der Waals surface area contributed by atoms with E-state index in [2.05, 4.69) is 46.5 Å². The topological polar surface area (TPSA) is 72.2 Å². The van der Waals surface area contributed by atoms with Gasteiger partial charge in [-0.15, -0.1) is 10.2 Å². The van der Waals surface area contributed by atoms with Crippen molar-refractivity contribution in [3.63, 3.8) is 0 Å². The van der Waals surface area contributed by atoms with Crippen LogP contribution in [-0.2, 0) is 5.75 Å². The first-order chi connectivity index (χ1) is 13.5. The molecular weight excluding hydrogens is 390 g/mol. The zero-order chi connectivity index (χ0) is 19.7. The van der Waals surface area contributed by atoms with Gasteiger partial charge in [-0.1, -0.05) is 46.9 Å². The third kappa shape index (κ3) is 3.93.